The first-order valence-corrected chi connectivity index (χ1v) is 8.52. The number of aryl methyl sites for hydroxylation is 1. The number of carbonyl (C=O) groups is 2. The van der Waals surface area contributed by atoms with Gasteiger partial charge in [-0.15, -0.1) is 0 Å². The van der Waals surface area contributed by atoms with Crippen molar-refractivity contribution >= 4 is 17.6 Å². The molecule has 1 saturated heterocycles. The Bertz CT molecular complexity index is 794. The van der Waals surface area contributed by atoms with Gasteiger partial charge in [0.2, 0.25) is 0 Å². The number of ether oxygens (including phenoxy) is 2. The van der Waals surface area contributed by atoms with E-state index in [2.05, 4.69) is 5.32 Å². The molecule has 0 unspecified atom stereocenters. The summed E-state index contributed by atoms with van der Waals surface area (Å²) in [4.78, 5) is 23.5. The summed E-state index contributed by atoms with van der Waals surface area (Å²) < 4.78 is 11.2. The Balaban J connectivity index is 1.66. The molecule has 0 aliphatic carbocycles. The predicted octanol–water partition coefficient (Wildman–Crippen LogP) is 3.50. The van der Waals surface area contributed by atoms with Gasteiger partial charge in [0.25, 0.3) is 5.91 Å². The van der Waals surface area contributed by atoms with Crippen molar-refractivity contribution in [3.05, 3.63) is 59.2 Å². The van der Waals surface area contributed by atoms with Crippen LogP contribution in [0, 0.1) is 6.92 Å². The van der Waals surface area contributed by atoms with Gasteiger partial charge in [-0.05, 0) is 48.9 Å². The summed E-state index contributed by atoms with van der Waals surface area (Å²) in [6.45, 7) is 3.23. The van der Waals surface area contributed by atoms with Crippen molar-refractivity contribution in [3.63, 3.8) is 0 Å². The average molecular weight is 355 g/mol. The third-order valence-electron chi connectivity index (χ3n) is 4.32. The zero-order chi connectivity index (χ0) is 18.5. The Kier molecular flexibility index (Phi) is 5.53. The van der Waals surface area contributed by atoms with E-state index in [9.17, 15) is 9.59 Å². The van der Waals surface area contributed by atoms with E-state index < -0.39 is 5.97 Å². The highest BCUT2D eigenvalue weighted by atomic mass is 16.5. The number of aromatic carboxylic acids is 1. The van der Waals surface area contributed by atoms with E-state index in [-0.39, 0.29) is 17.6 Å². The van der Waals surface area contributed by atoms with Crippen LogP contribution in [0.15, 0.2) is 42.5 Å². The molecular formula is C20H21NO5. The number of benzene rings is 2. The smallest absolute Gasteiger partial charge is 0.335 e. The van der Waals surface area contributed by atoms with Gasteiger partial charge >= 0.3 is 5.97 Å². The highest BCUT2D eigenvalue weighted by Crippen LogP contribution is 2.21. The Morgan fingerprint density at radius 1 is 1.08 bits per heavy atom. The molecule has 2 N–H and O–H groups in total. The topological polar surface area (TPSA) is 84.9 Å². The van der Waals surface area contributed by atoms with E-state index in [1.807, 2.05) is 6.92 Å². The third kappa shape index (κ3) is 4.40. The zero-order valence-electron chi connectivity index (χ0n) is 14.5. The van der Waals surface area contributed by atoms with Gasteiger partial charge in [0.15, 0.2) is 0 Å². The number of carbonyl (C=O) groups excluding carboxylic acids is 1. The highest BCUT2D eigenvalue weighted by molar-refractivity contribution is 6.05. The van der Waals surface area contributed by atoms with Crippen molar-refractivity contribution < 1.29 is 24.2 Å². The second-order valence-electron chi connectivity index (χ2n) is 6.24. The summed E-state index contributed by atoms with van der Waals surface area (Å²) in [6, 6.07) is 11.6. The first-order chi connectivity index (χ1) is 12.5. The zero-order valence-corrected chi connectivity index (χ0v) is 14.5. The molecular weight excluding hydrogens is 334 g/mol. The van der Waals surface area contributed by atoms with Gasteiger partial charge in [-0.25, -0.2) is 4.79 Å². The summed E-state index contributed by atoms with van der Waals surface area (Å²) in [6.07, 6.45) is 1.87. The van der Waals surface area contributed by atoms with Crippen LogP contribution >= 0.6 is 0 Å². The maximum atomic E-state index is 12.4. The molecule has 1 aliphatic rings. The van der Waals surface area contributed by atoms with Gasteiger partial charge < -0.3 is 19.9 Å². The van der Waals surface area contributed by atoms with Crippen molar-refractivity contribution in [2.45, 2.75) is 25.9 Å². The maximum absolute atomic E-state index is 12.4. The quantitative estimate of drug-likeness (QED) is 0.857. The van der Waals surface area contributed by atoms with Crippen LogP contribution in [-0.2, 0) is 4.74 Å². The number of rotatable bonds is 5. The number of amides is 1. The third-order valence-corrected chi connectivity index (χ3v) is 4.32. The molecule has 6 nitrogen and oxygen atoms in total. The van der Waals surface area contributed by atoms with Gasteiger partial charge in [-0.1, -0.05) is 6.07 Å². The van der Waals surface area contributed by atoms with Crippen LogP contribution in [0.2, 0.25) is 0 Å². The lowest BCUT2D eigenvalue weighted by molar-refractivity contribution is 0.0255. The van der Waals surface area contributed by atoms with Gasteiger partial charge in [-0.2, -0.15) is 0 Å². The maximum Gasteiger partial charge on any atom is 0.335 e. The summed E-state index contributed by atoms with van der Waals surface area (Å²) in [5, 5.41) is 11.8. The molecule has 136 valence electrons. The molecule has 1 heterocycles. The molecule has 0 bridgehead atoms. The lowest BCUT2D eigenvalue weighted by Crippen LogP contribution is -2.25. The lowest BCUT2D eigenvalue weighted by atomic mass is 10.1. The largest absolute Gasteiger partial charge is 0.490 e. The molecule has 26 heavy (non-hydrogen) atoms. The van der Waals surface area contributed by atoms with E-state index in [0.717, 1.165) is 24.2 Å². The van der Waals surface area contributed by atoms with Crippen molar-refractivity contribution in [1.82, 2.24) is 0 Å². The molecule has 0 saturated carbocycles. The number of hydrogen-bond acceptors (Lipinski definition) is 4. The molecule has 1 fully saturated rings. The molecule has 2 aromatic carbocycles. The van der Waals surface area contributed by atoms with Gasteiger partial charge in [0.1, 0.15) is 11.9 Å². The van der Waals surface area contributed by atoms with Crippen LogP contribution in [0.1, 0.15) is 39.1 Å². The average Bonchev–Trinajstić information content (AvgIpc) is 2.64. The second kappa shape index (κ2) is 8.01. The molecule has 1 aliphatic heterocycles. The normalized spacial score (nSPS) is 14.7. The van der Waals surface area contributed by atoms with Crippen molar-refractivity contribution in [2.75, 3.05) is 18.5 Å². The van der Waals surface area contributed by atoms with Crippen LogP contribution in [-0.4, -0.2) is 36.3 Å². The van der Waals surface area contributed by atoms with E-state index >= 15 is 0 Å². The minimum atomic E-state index is -1.03. The summed E-state index contributed by atoms with van der Waals surface area (Å²) in [5.74, 6) is -0.610. The molecule has 0 aromatic heterocycles. The number of carboxylic acids is 1. The van der Waals surface area contributed by atoms with Crippen LogP contribution in [0.3, 0.4) is 0 Å². The Labute approximate surface area is 151 Å². The highest BCUT2D eigenvalue weighted by Gasteiger charge is 2.16. The van der Waals surface area contributed by atoms with E-state index in [1.54, 1.807) is 30.3 Å². The monoisotopic (exact) mass is 355 g/mol. The van der Waals surface area contributed by atoms with Crippen molar-refractivity contribution in [3.8, 4) is 5.75 Å². The fourth-order valence-corrected chi connectivity index (χ4v) is 2.76. The van der Waals surface area contributed by atoms with Crippen LogP contribution in [0.25, 0.3) is 0 Å². The Hall–Kier alpha value is -2.86. The Morgan fingerprint density at radius 3 is 2.38 bits per heavy atom. The molecule has 3 rings (SSSR count). The summed E-state index contributed by atoms with van der Waals surface area (Å²) >= 11 is 0. The van der Waals surface area contributed by atoms with Crippen molar-refractivity contribution in [1.29, 1.82) is 0 Å². The van der Waals surface area contributed by atoms with E-state index in [1.165, 1.54) is 12.1 Å². The number of hydrogen-bond donors (Lipinski definition) is 2. The lowest BCUT2D eigenvalue weighted by Gasteiger charge is -2.23. The SMILES string of the molecule is Cc1ccc(C(=O)O)cc1NC(=O)c1ccc(OC2CCOCC2)cc1. The molecule has 2 aromatic rings. The molecule has 0 atom stereocenters. The van der Waals surface area contributed by atoms with Crippen LogP contribution in [0.5, 0.6) is 5.75 Å². The first kappa shape index (κ1) is 17.9. The minimum absolute atomic E-state index is 0.131. The molecule has 0 spiro atoms. The predicted molar refractivity (Wildman–Crippen MR) is 97.0 cm³/mol. The minimum Gasteiger partial charge on any atom is -0.490 e. The van der Waals surface area contributed by atoms with Gasteiger partial charge in [0.05, 0.1) is 18.8 Å². The number of carboxylic acid groups (broad SMARTS) is 1. The standard InChI is InChI=1S/C20H21NO5/c1-13-2-3-15(20(23)24)12-18(13)21-19(22)14-4-6-16(7-5-14)26-17-8-10-25-11-9-17/h2-7,12,17H,8-11H2,1H3,(H,21,22)(H,23,24). The first-order valence-electron chi connectivity index (χ1n) is 8.52. The Morgan fingerprint density at radius 2 is 1.73 bits per heavy atom. The van der Waals surface area contributed by atoms with Crippen LogP contribution < -0.4 is 10.1 Å². The number of anilines is 1. The van der Waals surface area contributed by atoms with Crippen LogP contribution in [0.4, 0.5) is 5.69 Å². The fourth-order valence-electron chi connectivity index (χ4n) is 2.76. The van der Waals surface area contributed by atoms with E-state index in [4.69, 9.17) is 14.6 Å². The summed E-state index contributed by atoms with van der Waals surface area (Å²) in [7, 11) is 0. The molecule has 6 heteroatoms. The molecule has 0 radical (unpaired) electrons. The van der Waals surface area contributed by atoms with Gasteiger partial charge in [-0.3, -0.25) is 4.79 Å². The van der Waals surface area contributed by atoms with Crippen molar-refractivity contribution in [2.24, 2.45) is 0 Å². The van der Waals surface area contributed by atoms with Gasteiger partial charge in [0, 0.05) is 24.1 Å². The fraction of sp³-hybridized carbons (Fsp3) is 0.300. The van der Waals surface area contributed by atoms with E-state index in [0.29, 0.717) is 24.5 Å². The molecule has 1 amide bonds. The summed E-state index contributed by atoms with van der Waals surface area (Å²) in [5.41, 5.74) is 1.89. The number of nitrogens with one attached hydrogen (secondary N) is 1. The second-order valence-corrected chi connectivity index (χ2v) is 6.24.